The van der Waals surface area contributed by atoms with Crippen molar-refractivity contribution in [1.82, 2.24) is 10.2 Å². The Morgan fingerprint density at radius 2 is 2.05 bits per heavy atom. The van der Waals surface area contributed by atoms with Crippen molar-refractivity contribution < 1.29 is 0 Å². The minimum atomic E-state index is 0.174. The van der Waals surface area contributed by atoms with Gasteiger partial charge in [-0.05, 0) is 31.4 Å². The third-order valence-corrected chi connectivity index (χ3v) is 4.77. The van der Waals surface area contributed by atoms with E-state index in [-0.39, 0.29) is 6.04 Å². The van der Waals surface area contributed by atoms with Crippen LogP contribution in [0.2, 0.25) is 0 Å². The highest BCUT2D eigenvalue weighted by molar-refractivity contribution is 5.20. The number of hydrogen-bond donors (Lipinski definition) is 1. The van der Waals surface area contributed by atoms with Gasteiger partial charge in [0, 0.05) is 24.7 Å². The Bertz CT molecular complexity index is 465. The highest BCUT2D eigenvalue weighted by atomic mass is 15.2. The number of nitriles is 1. The van der Waals surface area contributed by atoms with Crippen molar-refractivity contribution in [1.29, 1.82) is 5.26 Å². The fraction of sp³-hybridized carbons (Fsp3) is 0.588. The maximum absolute atomic E-state index is 9.10. The van der Waals surface area contributed by atoms with Gasteiger partial charge in [0.1, 0.15) is 0 Å². The first kappa shape index (κ1) is 13.6. The molecule has 0 aliphatic carbocycles. The van der Waals surface area contributed by atoms with Crippen LogP contribution in [-0.4, -0.2) is 30.1 Å². The monoisotopic (exact) mass is 269 g/mol. The van der Waals surface area contributed by atoms with Gasteiger partial charge in [-0.3, -0.25) is 4.90 Å². The number of nitrogens with zero attached hydrogens (tertiary/aromatic N) is 2. The molecule has 2 saturated heterocycles. The molecule has 3 rings (SSSR count). The van der Waals surface area contributed by atoms with Crippen molar-refractivity contribution in [3.63, 3.8) is 0 Å². The Morgan fingerprint density at radius 3 is 2.85 bits per heavy atom. The average Bonchev–Trinajstić information content (AvgIpc) is 2.91. The first-order valence-corrected chi connectivity index (χ1v) is 7.80. The number of benzene rings is 1. The van der Waals surface area contributed by atoms with Crippen molar-refractivity contribution in [2.24, 2.45) is 0 Å². The van der Waals surface area contributed by atoms with E-state index in [1.54, 1.807) is 0 Å². The van der Waals surface area contributed by atoms with Crippen LogP contribution in [0.5, 0.6) is 0 Å². The van der Waals surface area contributed by atoms with E-state index in [4.69, 9.17) is 5.26 Å². The van der Waals surface area contributed by atoms with Crippen LogP contribution in [0.4, 0.5) is 0 Å². The number of rotatable bonds is 4. The van der Waals surface area contributed by atoms with Gasteiger partial charge < -0.3 is 5.32 Å². The summed E-state index contributed by atoms with van der Waals surface area (Å²) in [5.74, 6) is 0. The number of fused-ring (bicyclic) bond motifs is 1. The average molecular weight is 269 g/mol. The third-order valence-electron chi connectivity index (χ3n) is 4.77. The third kappa shape index (κ3) is 2.87. The predicted molar refractivity (Wildman–Crippen MR) is 80.2 cm³/mol. The molecule has 3 atom stereocenters. The van der Waals surface area contributed by atoms with E-state index in [1.165, 1.54) is 44.3 Å². The summed E-state index contributed by atoms with van der Waals surface area (Å²) in [5, 5.41) is 12.9. The Hall–Kier alpha value is -1.37. The van der Waals surface area contributed by atoms with Crippen LogP contribution in [0.15, 0.2) is 30.3 Å². The summed E-state index contributed by atoms with van der Waals surface area (Å²) in [7, 11) is 0. The molecular formula is C17H23N3. The molecule has 3 nitrogen and oxygen atoms in total. The molecule has 3 unspecified atom stereocenters. The molecule has 2 aliphatic rings. The molecule has 0 spiro atoms. The van der Waals surface area contributed by atoms with Crippen LogP contribution in [0, 0.1) is 11.3 Å². The normalized spacial score (nSPS) is 27.8. The molecule has 1 aromatic carbocycles. The molecule has 2 aliphatic heterocycles. The summed E-state index contributed by atoms with van der Waals surface area (Å²) in [5.41, 5.74) is 1.24. The highest BCUT2D eigenvalue weighted by Gasteiger charge is 2.36. The summed E-state index contributed by atoms with van der Waals surface area (Å²) < 4.78 is 0. The van der Waals surface area contributed by atoms with Gasteiger partial charge in [-0.1, -0.05) is 36.8 Å². The molecule has 2 fully saturated rings. The molecule has 0 aromatic heterocycles. The van der Waals surface area contributed by atoms with Crippen LogP contribution in [0.3, 0.4) is 0 Å². The van der Waals surface area contributed by atoms with E-state index < -0.39 is 0 Å². The lowest BCUT2D eigenvalue weighted by molar-refractivity contribution is 0.176. The lowest BCUT2D eigenvalue weighted by Crippen LogP contribution is -2.45. The topological polar surface area (TPSA) is 39.1 Å². The van der Waals surface area contributed by atoms with E-state index in [1.807, 2.05) is 6.07 Å². The summed E-state index contributed by atoms with van der Waals surface area (Å²) in [6.07, 6.45) is 5.79. The minimum absolute atomic E-state index is 0.174. The minimum Gasteiger partial charge on any atom is -0.305 e. The molecule has 3 heteroatoms. The molecule has 106 valence electrons. The van der Waals surface area contributed by atoms with Gasteiger partial charge in [-0.2, -0.15) is 5.26 Å². The lowest BCUT2D eigenvalue weighted by atomic mass is 9.96. The molecule has 1 N–H and O–H groups in total. The van der Waals surface area contributed by atoms with Gasteiger partial charge in [0.2, 0.25) is 0 Å². The quantitative estimate of drug-likeness (QED) is 0.913. The summed E-state index contributed by atoms with van der Waals surface area (Å²) in [6.45, 7) is 2.48. The summed E-state index contributed by atoms with van der Waals surface area (Å²) in [6, 6.07) is 14.2. The van der Waals surface area contributed by atoms with E-state index >= 15 is 0 Å². The van der Waals surface area contributed by atoms with Crippen LogP contribution in [-0.2, 0) is 0 Å². The van der Waals surface area contributed by atoms with Gasteiger partial charge >= 0.3 is 0 Å². The van der Waals surface area contributed by atoms with Gasteiger partial charge in [-0.25, -0.2) is 0 Å². The maximum atomic E-state index is 9.10. The SMILES string of the molecule is N#CCC(NC1CCN2CCCCC12)c1ccccc1. The number of piperidine rings is 1. The zero-order chi connectivity index (χ0) is 13.8. The first-order valence-electron chi connectivity index (χ1n) is 7.80. The van der Waals surface area contributed by atoms with Gasteiger partial charge in [0.05, 0.1) is 12.5 Å². The Balaban J connectivity index is 1.69. The van der Waals surface area contributed by atoms with E-state index in [0.717, 1.165) is 0 Å². The fourth-order valence-corrected chi connectivity index (χ4v) is 3.75. The second-order valence-electron chi connectivity index (χ2n) is 5.99. The Labute approximate surface area is 121 Å². The molecule has 20 heavy (non-hydrogen) atoms. The molecule has 0 bridgehead atoms. The summed E-state index contributed by atoms with van der Waals surface area (Å²) >= 11 is 0. The van der Waals surface area contributed by atoms with Crippen LogP contribution in [0.25, 0.3) is 0 Å². The van der Waals surface area contributed by atoms with E-state index in [2.05, 4.69) is 40.6 Å². The van der Waals surface area contributed by atoms with Crippen molar-refractivity contribution >= 4 is 0 Å². The number of hydrogen-bond acceptors (Lipinski definition) is 3. The van der Waals surface area contributed by atoms with Crippen molar-refractivity contribution in [2.45, 2.75) is 50.2 Å². The summed E-state index contributed by atoms with van der Waals surface area (Å²) in [4.78, 5) is 2.63. The standard InChI is InChI=1S/C17H23N3/c18-11-9-15(14-6-2-1-3-7-14)19-16-10-13-20-12-5-4-8-17(16)20/h1-3,6-7,15-17,19H,4-5,8-10,12-13H2. The van der Waals surface area contributed by atoms with Crippen molar-refractivity contribution in [3.8, 4) is 6.07 Å². The second-order valence-corrected chi connectivity index (χ2v) is 5.99. The van der Waals surface area contributed by atoms with E-state index in [9.17, 15) is 0 Å². The molecule has 0 radical (unpaired) electrons. The van der Waals surface area contributed by atoms with Gasteiger partial charge in [-0.15, -0.1) is 0 Å². The van der Waals surface area contributed by atoms with Gasteiger partial charge in [0.15, 0.2) is 0 Å². The zero-order valence-electron chi connectivity index (χ0n) is 12.0. The molecule has 1 aromatic rings. The second kappa shape index (κ2) is 6.39. The molecular weight excluding hydrogens is 246 g/mol. The highest BCUT2D eigenvalue weighted by Crippen LogP contribution is 2.29. The largest absolute Gasteiger partial charge is 0.305 e. The van der Waals surface area contributed by atoms with Gasteiger partial charge in [0.25, 0.3) is 0 Å². The lowest BCUT2D eigenvalue weighted by Gasteiger charge is -2.34. The van der Waals surface area contributed by atoms with Crippen molar-refractivity contribution in [2.75, 3.05) is 13.1 Å². The zero-order valence-corrected chi connectivity index (χ0v) is 12.0. The van der Waals surface area contributed by atoms with Crippen LogP contribution in [0.1, 0.15) is 43.7 Å². The molecule has 0 saturated carbocycles. The predicted octanol–water partition coefficient (Wildman–Crippen LogP) is 2.86. The maximum Gasteiger partial charge on any atom is 0.0641 e. The van der Waals surface area contributed by atoms with Crippen LogP contribution >= 0.6 is 0 Å². The van der Waals surface area contributed by atoms with Crippen LogP contribution < -0.4 is 5.32 Å². The Morgan fingerprint density at radius 1 is 1.20 bits per heavy atom. The Kier molecular flexibility index (Phi) is 4.34. The first-order chi connectivity index (χ1) is 9.88. The van der Waals surface area contributed by atoms with E-state index in [0.29, 0.717) is 18.5 Å². The molecule has 0 amide bonds. The smallest absolute Gasteiger partial charge is 0.0641 e. The fourth-order valence-electron chi connectivity index (χ4n) is 3.75. The van der Waals surface area contributed by atoms with Crippen molar-refractivity contribution in [3.05, 3.63) is 35.9 Å². The molecule has 2 heterocycles. The number of nitrogens with one attached hydrogen (secondary N) is 1.